The molecule has 4 heteroatoms. The van der Waals surface area contributed by atoms with Crippen LogP contribution in [-0.2, 0) is 6.42 Å². The van der Waals surface area contributed by atoms with E-state index in [0.717, 1.165) is 5.56 Å². The molecule has 0 bridgehead atoms. The van der Waals surface area contributed by atoms with E-state index in [1.165, 1.54) is 5.56 Å². The van der Waals surface area contributed by atoms with E-state index >= 15 is 0 Å². The first-order valence-corrected chi connectivity index (χ1v) is 6.10. The number of aromatic carboxylic acids is 1. The van der Waals surface area contributed by atoms with E-state index < -0.39 is 5.97 Å². The van der Waals surface area contributed by atoms with Crippen molar-refractivity contribution in [1.29, 1.82) is 0 Å². The minimum atomic E-state index is -0.975. The summed E-state index contributed by atoms with van der Waals surface area (Å²) in [6.07, 6.45) is 0.613. The number of nitrogens with zero attached hydrogens (tertiary/aromatic N) is 2. The molecule has 0 spiro atoms. The second kappa shape index (κ2) is 5.18. The number of hydrogen-bond acceptors (Lipinski definition) is 3. The molecule has 2 aromatic rings. The third kappa shape index (κ3) is 2.96. The Morgan fingerprint density at radius 1 is 1.05 bits per heavy atom. The van der Waals surface area contributed by atoms with Crippen molar-refractivity contribution in [2.75, 3.05) is 0 Å². The van der Waals surface area contributed by atoms with E-state index in [2.05, 4.69) is 9.97 Å². The van der Waals surface area contributed by atoms with Crippen molar-refractivity contribution in [3.05, 3.63) is 58.2 Å². The van der Waals surface area contributed by atoms with Gasteiger partial charge in [-0.3, -0.25) is 0 Å². The predicted molar refractivity (Wildman–Crippen MR) is 72.5 cm³/mol. The van der Waals surface area contributed by atoms with Gasteiger partial charge in [-0.1, -0.05) is 29.8 Å². The Morgan fingerprint density at radius 2 is 1.58 bits per heavy atom. The first kappa shape index (κ1) is 13.2. The molecule has 0 aliphatic carbocycles. The van der Waals surface area contributed by atoms with Crippen molar-refractivity contribution in [3.63, 3.8) is 0 Å². The van der Waals surface area contributed by atoms with E-state index in [9.17, 15) is 4.79 Å². The van der Waals surface area contributed by atoms with Gasteiger partial charge in [-0.2, -0.15) is 0 Å². The Morgan fingerprint density at radius 3 is 2.05 bits per heavy atom. The molecule has 0 fully saturated rings. The Kier molecular flexibility index (Phi) is 3.60. The summed E-state index contributed by atoms with van der Waals surface area (Å²) in [7, 11) is 0. The Labute approximate surface area is 112 Å². The van der Waals surface area contributed by atoms with Gasteiger partial charge in [-0.15, -0.1) is 0 Å². The second-order valence-corrected chi connectivity index (χ2v) is 4.65. The summed E-state index contributed by atoms with van der Waals surface area (Å²) in [5.41, 5.74) is 3.56. The van der Waals surface area contributed by atoms with Crippen LogP contribution in [0.2, 0.25) is 0 Å². The van der Waals surface area contributed by atoms with Crippen molar-refractivity contribution >= 4 is 5.97 Å². The van der Waals surface area contributed by atoms with E-state index in [0.29, 0.717) is 23.6 Å². The molecular formula is C15H16N2O2. The van der Waals surface area contributed by atoms with Gasteiger partial charge in [-0.05, 0) is 26.3 Å². The first-order chi connectivity index (χ1) is 8.97. The summed E-state index contributed by atoms with van der Waals surface area (Å²) in [4.78, 5) is 19.6. The van der Waals surface area contributed by atoms with Crippen LogP contribution in [0.5, 0.6) is 0 Å². The van der Waals surface area contributed by atoms with Crippen molar-refractivity contribution in [1.82, 2.24) is 9.97 Å². The van der Waals surface area contributed by atoms with E-state index in [1.54, 1.807) is 13.8 Å². The fourth-order valence-corrected chi connectivity index (χ4v) is 2.06. The van der Waals surface area contributed by atoms with E-state index in [-0.39, 0.29) is 5.56 Å². The van der Waals surface area contributed by atoms with Gasteiger partial charge in [0.25, 0.3) is 0 Å². The maximum absolute atomic E-state index is 11.1. The number of rotatable bonds is 3. The van der Waals surface area contributed by atoms with Crippen molar-refractivity contribution < 1.29 is 9.90 Å². The molecule has 1 aromatic carbocycles. The molecule has 1 N–H and O–H groups in total. The highest BCUT2D eigenvalue weighted by molar-refractivity contribution is 5.89. The average Bonchev–Trinajstić information content (AvgIpc) is 2.30. The number of aryl methyl sites for hydroxylation is 3. The molecule has 0 atom stereocenters. The number of carboxylic acid groups (broad SMARTS) is 1. The lowest BCUT2D eigenvalue weighted by molar-refractivity contribution is 0.0694. The summed E-state index contributed by atoms with van der Waals surface area (Å²) in [6.45, 7) is 5.45. The quantitative estimate of drug-likeness (QED) is 0.917. The average molecular weight is 256 g/mol. The fourth-order valence-electron chi connectivity index (χ4n) is 2.06. The first-order valence-electron chi connectivity index (χ1n) is 6.10. The molecule has 1 aromatic heterocycles. The molecule has 0 radical (unpaired) electrons. The van der Waals surface area contributed by atoms with Gasteiger partial charge < -0.3 is 5.11 Å². The molecule has 0 aliphatic rings. The van der Waals surface area contributed by atoms with Crippen LogP contribution < -0.4 is 0 Å². The number of hydrogen-bond donors (Lipinski definition) is 1. The zero-order chi connectivity index (χ0) is 14.0. The van der Waals surface area contributed by atoms with Crippen LogP contribution in [0.4, 0.5) is 0 Å². The van der Waals surface area contributed by atoms with Crippen molar-refractivity contribution in [2.45, 2.75) is 27.2 Å². The highest BCUT2D eigenvalue weighted by Crippen LogP contribution is 2.13. The SMILES string of the molecule is Cc1ccc(Cc2nc(C)c(C(=O)O)c(C)n2)cc1. The zero-order valence-electron chi connectivity index (χ0n) is 11.3. The zero-order valence-corrected chi connectivity index (χ0v) is 11.3. The minimum absolute atomic E-state index is 0.202. The highest BCUT2D eigenvalue weighted by atomic mass is 16.4. The summed E-state index contributed by atoms with van der Waals surface area (Å²) in [6, 6.07) is 8.16. The molecule has 1 heterocycles. The van der Waals surface area contributed by atoms with Crippen molar-refractivity contribution in [3.8, 4) is 0 Å². The van der Waals surface area contributed by atoms with Gasteiger partial charge >= 0.3 is 5.97 Å². The summed E-state index contributed by atoms with van der Waals surface area (Å²) >= 11 is 0. The summed E-state index contributed by atoms with van der Waals surface area (Å²) < 4.78 is 0. The molecular weight excluding hydrogens is 240 g/mol. The Hall–Kier alpha value is -2.23. The predicted octanol–water partition coefficient (Wildman–Crippen LogP) is 2.69. The van der Waals surface area contributed by atoms with Gasteiger partial charge in [0, 0.05) is 6.42 Å². The largest absolute Gasteiger partial charge is 0.478 e. The molecule has 0 saturated heterocycles. The van der Waals surface area contributed by atoms with E-state index in [4.69, 9.17) is 5.11 Å². The summed E-state index contributed by atoms with van der Waals surface area (Å²) in [5, 5.41) is 9.08. The molecule has 0 aliphatic heterocycles. The fraction of sp³-hybridized carbons (Fsp3) is 0.267. The lowest BCUT2D eigenvalue weighted by atomic mass is 10.1. The molecule has 0 amide bonds. The van der Waals surface area contributed by atoms with Gasteiger partial charge in [0.05, 0.1) is 11.4 Å². The van der Waals surface area contributed by atoms with E-state index in [1.807, 2.05) is 31.2 Å². The lowest BCUT2D eigenvalue weighted by Crippen LogP contribution is -2.10. The highest BCUT2D eigenvalue weighted by Gasteiger charge is 2.14. The molecule has 98 valence electrons. The number of carbonyl (C=O) groups is 1. The number of carboxylic acids is 1. The maximum Gasteiger partial charge on any atom is 0.339 e. The van der Waals surface area contributed by atoms with Crippen LogP contribution in [0.1, 0.15) is 38.7 Å². The standard InChI is InChI=1S/C15H16N2O2/c1-9-4-6-12(7-5-9)8-13-16-10(2)14(15(18)19)11(3)17-13/h4-7H,8H2,1-3H3,(H,18,19). The third-order valence-electron chi connectivity index (χ3n) is 3.01. The smallest absolute Gasteiger partial charge is 0.339 e. The van der Waals surface area contributed by atoms with Crippen LogP contribution >= 0.6 is 0 Å². The molecule has 19 heavy (non-hydrogen) atoms. The van der Waals surface area contributed by atoms with Gasteiger partial charge in [-0.25, -0.2) is 14.8 Å². The van der Waals surface area contributed by atoms with Crippen molar-refractivity contribution in [2.24, 2.45) is 0 Å². The van der Waals surface area contributed by atoms with Crippen LogP contribution in [0.25, 0.3) is 0 Å². The lowest BCUT2D eigenvalue weighted by Gasteiger charge is -2.07. The van der Waals surface area contributed by atoms with Crippen LogP contribution in [-0.4, -0.2) is 21.0 Å². The maximum atomic E-state index is 11.1. The number of benzene rings is 1. The van der Waals surface area contributed by atoms with Crippen LogP contribution in [0, 0.1) is 20.8 Å². The van der Waals surface area contributed by atoms with Crippen LogP contribution in [0.3, 0.4) is 0 Å². The van der Waals surface area contributed by atoms with Gasteiger partial charge in [0.15, 0.2) is 0 Å². The normalized spacial score (nSPS) is 10.5. The molecule has 0 saturated carbocycles. The van der Waals surface area contributed by atoms with Crippen LogP contribution in [0.15, 0.2) is 24.3 Å². The summed E-state index contributed by atoms with van der Waals surface area (Å²) in [5.74, 6) is -0.319. The Bertz CT molecular complexity index is 596. The van der Waals surface area contributed by atoms with Gasteiger partial charge in [0.2, 0.25) is 0 Å². The monoisotopic (exact) mass is 256 g/mol. The number of aromatic nitrogens is 2. The molecule has 0 unspecified atom stereocenters. The second-order valence-electron chi connectivity index (χ2n) is 4.65. The minimum Gasteiger partial charge on any atom is -0.478 e. The topological polar surface area (TPSA) is 63.1 Å². The molecule has 4 nitrogen and oxygen atoms in total. The molecule has 2 rings (SSSR count). The third-order valence-corrected chi connectivity index (χ3v) is 3.01. The Balaban J connectivity index is 2.32. The van der Waals surface area contributed by atoms with Gasteiger partial charge in [0.1, 0.15) is 11.4 Å².